The molecule has 1 aromatic rings. The molecule has 1 atom stereocenters. The van der Waals surface area contributed by atoms with Crippen LogP contribution in [0, 0.1) is 5.82 Å². The van der Waals surface area contributed by atoms with Gasteiger partial charge in [-0.25, -0.2) is 9.18 Å². The van der Waals surface area contributed by atoms with Gasteiger partial charge in [-0.3, -0.25) is 4.90 Å². The van der Waals surface area contributed by atoms with E-state index >= 15 is 0 Å². The Kier molecular flexibility index (Phi) is 4.21. The monoisotopic (exact) mass is 333 g/mol. The lowest BCUT2D eigenvalue weighted by Crippen LogP contribution is -2.57. The van der Waals surface area contributed by atoms with Crippen LogP contribution in [0.4, 0.5) is 4.39 Å². The maximum Gasteiger partial charge on any atom is 0.338 e. The highest BCUT2D eigenvalue weighted by molar-refractivity contribution is 5.92. The molecular weight excluding hydrogens is 309 g/mol. The van der Waals surface area contributed by atoms with Crippen LogP contribution in [-0.2, 0) is 11.2 Å². The lowest BCUT2D eigenvalue weighted by Gasteiger charge is -2.51. The number of nitrogens with zero attached hydrogens (tertiary/aromatic N) is 1. The van der Waals surface area contributed by atoms with E-state index in [1.165, 1.54) is 57.8 Å². The molecule has 1 aliphatic heterocycles. The van der Waals surface area contributed by atoms with E-state index in [9.17, 15) is 9.18 Å². The third-order valence-corrected chi connectivity index (χ3v) is 5.89. The zero-order chi connectivity index (χ0) is 16.7. The summed E-state index contributed by atoms with van der Waals surface area (Å²) in [5.41, 5.74) is 1.10. The largest absolute Gasteiger partial charge is 0.489 e. The van der Waals surface area contributed by atoms with Crippen LogP contribution in [0.5, 0.6) is 5.75 Å². The minimum Gasteiger partial charge on any atom is -0.489 e. The lowest BCUT2D eigenvalue weighted by atomic mass is 9.82. The molecule has 0 bridgehead atoms. The first-order valence-corrected chi connectivity index (χ1v) is 8.99. The first kappa shape index (κ1) is 15.9. The summed E-state index contributed by atoms with van der Waals surface area (Å²) in [5.74, 6) is -0.583. The third-order valence-electron chi connectivity index (χ3n) is 5.89. The van der Waals surface area contributed by atoms with E-state index < -0.39 is 11.8 Å². The third kappa shape index (κ3) is 2.59. The Morgan fingerprint density at radius 1 is 1.17 bits per heavy atom. The molecule has 0 N–H and O–H groups in total. The van der Waals surface area contributed by atoms with E-state index in [0.717, 1.165) is 0 Å². The quantitative estimate of drug-likeness (QED) is 0.793. The summed E-state index contributed by atoms with van der Waals surface area (Å²) in [5, 5.41) is 0. The number of carbonyl (C=O) groups is 1. The number of ether oxygens (including phenoxy) is 2. The highest BCUT2D eigenvalue weighted by atomic mass is 19.1. The number of rotatable bonds is 4. The van der Waals surface area contributed by atoms with Crippen LogP contribution in [0.15, 0.2) is 12.1 Å². The van der Waals surface area contributed by atoms with Crippen LogP contribution < -0.4 is 4.74 Å². The molecule has 130 valence electrons. The van der Waals surface area contributed by atoms with Gasteiger partial charge in [-0.15, -0.1) is 0 Å². The van der Waals surface area contributed by atoms with E-state index in [4.69, 9.17) is 9.47 Å². The van der Waals surface area contributed by atoms with E-state index in [1.807, 2.05) is 0 Å². The SMILES string of the molecule is COC(=O)c1ccc(F)c2c1C[C@@H](N(C1CCC1)C1CCC1)CO2. The molecule has 0 amide bonds. The molecular formula is C19H24FNO3. The summed E-state index contributed by atoms with van der Waals surface area (Å²) in [6, 6.07) is 4.28. The van der Waals surface area contributed by atoms with Crippen LogP contribution in [0.2, 0.25) is 0 Å². The molecule has 2 fully saturated rings. The van der Waals surface area contributed by atoms with Crippen molar-refractivity contribution in [3.05, 3.63) is 29.1 Å². The molecule has 5 heteroatoms. The van der Waals surface area contributed by atoms with Crippen molar-refractivity contribution in [3.8, 4) is 5.75 Å². The van der Waals surface area contributed by atoms with Gasteiger partial charge in [-0.1, -0.05) is 12.8 Å². The van der Waals surface area contributed by atoms with Crippen molar-refractivity contribution in [2.45, 2.75) is 63.1 Å². The van der Waals surface area contributed by atoms with Crippen molar-refractivity contribution in [2.75, 3.05) is 13.7 Å². The van der Waals surface area contributed by atoms with Crippen LogP contribution >= 0.6 is 0 Å². The number of hydrogen-bond acceptors (Lipinski definition) is 4. The highest BCUT2D eigenvalue weighted by Crippen LogP contribution is 2.39. The second-order valence-corrected chi connectivity index (χ2v) is 7.18. The number of hydrogen-bond donors (Lipinski definition) is 0. The minimum absolute atomic E-state index is 0.221. The van der Waals surface area contributed by atoms with Crippen LogP contribution in [0.3, 0.4) is 0 Å². The van der Waals surface area contributed by atoms with E-state index in [1.54, 1.807) is 0 Å². The molecule has 2 saturated carbocycles. The van der Waals surface area contributed by atoms with Crippen molar-refractivity contribution in [3.63, 3.8) is 0 Å². The predicted molar refractivity (Wildman–Crippen MR) is 87.8 cm³/mol. The van der Waals surface area contributed by atoms with Gasteiger partial charge in [0.15, 0.2) is 11.6 Å². The topological polar surface area (TPSA) is 38.8 Å². The maximum atomic E-state index is 14.1. The second-order valence-electron chi connectivity index (χ2n) is 7.18. The molecule has 24 heavy (non-hydrogen) atoms. The van der Waals surface area contributed by atoms with Gasteiger partial charge >= 0.3 is 5.97 Å². The normalized spacial score (nSPS) is 23.9. The van der Waals surface area contributed by atoms with Gasteiger partial charge in [-0.05, 0) is 44.2 Å². The first-order valence-electron chi connectivity index (χ1n) is 8.99. The number of esters is 1. The molecule has 2 aliphatic carbocycles. The van der Waals surface area contributed by atoms with Crippen LogP contribution in [0.1, 0.15) is 54.4 Å². The average molecular weight is 333 g/mol. The Labute approximate surface area is 141 Å². The van der Waals surface area contributed by atoms with E-state index in [-0.39, 0.29) is 11.8 Å². The molecule has 0 spiro atoms. The Hall–Kier alpha value is -1.62. The first-order chi connectivity index (χ1) is 11.7. The van der Waals surface area contributed by atoms with E-state index in [0.29, 0.717) is 36.2 Å². The number of carbonyl (C=O) groups excluding carboxylic acids is 1. The fraction of sp³-hybridized carbons (Fsp3) is 0.632. The van der Waals surface area contributed by atoms with Gasteiger partial charge in [0.05, 0.1) is 12.7 Å². The van der Waals surface area contributed by atoms with Gasteiger partial charge in [0.1, 0.15) is 6.61 Å². The van der Waals surface area contributed by atoms with Crippen molar-refractivity contribution in [1.29, 1.82) is 0 Å². The lowest BCUT2D eigenvalue weighted by molar-refractivity contribution is -0.0195. The number of fused-ring (bicyclic) bond motifs is 1. The fourth-order valence-corrected chi connectivity index (χ4v) is 4.19. The van der Waals surface area contributed by atoms with Crippen LogP contribution in [0.25, 0.3) is 0 Å². The minimum atomic E-state index is -0.422. The Bertz CT molecular complexity index is 626. The molecule has 0 saturated heterocycles. The molecule has 3 aliphatic rings. The summed E-state index contributed by atoms with van der Waals surface area (Å²) in [7, 11) is 1.36. The van der Waals surface area contributed by atoms with Crippen molar-refractivity contribution in [2.24, 2.45) is 0 Å². The fourth-order valence-electron chi connectivity index (χ4n) is 4.19. The molecule has 1 heterocycles. The van der Waals surface area contributed by atoms with Crippen molar-refractivity contribution >= 4 is 5.97 Å². The molecule has 0 unspecified atom stereocenters. The van der Waals surface area contributed by atoms with E-state index in [2.05, 4.69) is 4.90 Å². The van der Waals surface area contributed by atoms with Crippen molar-refractivity contribution in [1.82, 2.24) is 4.90 Å². The standard InChI is InChI=1S/C19H24FNO3/c1-23-19(22)15-8-9-17(20)18-16(15)10-14(11-24-18)21(12-4-2-5-12)13-6-3-7-13/h8-9,12-14H,2-7,10-11H2,1H3/t14-/m1/s1. The Morgan fingerprint density at radius 2 is 1.83 bits per heavy atom. The van der Waals surface area contributed by atoms with Gasteiger partial charge in [0, 0.05) is 23.7 Å². The summed E-state index contributed by atoms with van der Waals surface area (Å²) in [6.45, 7) is 0.502. The summed E-state index contributed by atoms with van der Waals surface area (Å²) >= 11 is 0. The van der Waals surface area contributed by atoms with Gasteiger partial charge in [0.2, 0.25) is 0 Å². The smallest absolute Gasteiger partial charge is 0.338 e. The molecule has 4 rings (SSSR count). The Morgan fingerprint density at radius 3 is 2.38 bits per heavy atom. The van der Waals surface area contributed by atoms with Crippen molar-refractivity contribution < 1.29 is 18.7 Å². The van der Waals surface area contributed by atoms with Gasteiger partial charge < -0.3 is 9.47 Å². The summed E-state index contributed by atoms with van der Waals surface area (Å²) < 4.78 is 24.8. The number of benzene rings is 1. The average Bonchev–Trinajstić information content (AvgIpc) is 2.50. The Balaban J connectivity index is 1.64. The molecule has 4 nitrogen and oxygen atoms in total. The van der Waals surface area contributed by atoms with Gasteiger partial charge in [0.25, 0.3) is 0 Å². The molecule has 1 aromatic carbocycles. The molecule has 0 radical (unpaired) electrons. The zero-order valence-electron chi connectivity index (χ0n) is 14.1. The maximum absolute atomic E-state index is 14.1. The second kappa shape index (κ2) is 6.36. The highest BCUT2D eigenvalue weighted by Gasteiger charge is 2.40. The van der Waals surface area contributed by atoms with Gasteiger partial charge in [-0.2, -0.15) is 0 Å². The number of halogens is 1. The van der Waals surface area contributed by atoms with Crippen LogP contribution in [-0.4, -0.2) is 42.7 Å². The molecule has 0 aromatic heterocycles. The summed E-state index contributed by atoms with van der Waals surface area (Å²) in [4.78, 5) is 14.7. The number of methoxy groups -OCH3 is 1. The summed E-state index contributed by atoms with van der Waals surface area (Å²) in [6.07, 6.45) is 8.21. The predicted octanol–water partition coefficient (Wildman–Crippen LogP) is 3.32. The zero-order valence-corrected chi connectivity index (χ0v) is 14.1.